The van der Waals surface area contributed by atoms with Gasteiger partial charge in [0.2, 0.25) is 11.7 Å². The number of hydrogen-bond donors (Lipinski definition) is 1. The molecule has 1 N–H and O–H groups in total. The van der Waals surface area contributed by atoms with E-state index in [-0.39, 0.29) is 11.7 Å². The summed E-state index contributed by atoms with van der Waals surface area (Å²) >= 11 is 1.55. The summed E-state index contributed by atoms with van der Waals surface area (Å²) in [5.74, 6) is 0.170. The number of thiophene rings is 1. The van der Waals surface area contributed by atoms with E-state index in [1.54, 1.807) is 59.6 Å². The molecule has 0 radical (unpaired) electrons. The van der Waals surface area contributed by atoms with Crippen molar-refractivity contribution in [2.24, 2.45) is 7.05 Å². The lowest BCUT2D eigenvalue weighted by Crippen LogP contribution is -2.14. The molecule has 0 unspecified atom stereocenters. The van der Waals surface area contributed by atoms with Crippen LogP contribution in [0.2, 0.25) is 0 Å². The number of nitrogens with one attached hydrogen (secondary N) is 1. The molecule has 0 fully saturated rings. The van der Waals surface area contributed by atoms with Gasteiger partial charge in [-0.05, 0) is 35.7 Å². The summed E-state index contributed by atoms with van der Waals surface area (Å²) in [7, 11) is 1.78. The molecule has 116 valence electrons. The first-order chi connectivity index (χ1) is 11.1. The molecule has 0 saturated heterocycles. The predicted molar refractivity (Wildman–Crippen MR) is 89.7 cm³/mol. The van der Waals surface area contributed by atoms with Crippen molar-refractivity contribution in [3.63, 3.8) is 0 Å². The van der Waals surface area contributed by atoms with Crippen LogP contribution >= 0.6 is 11.3 Å². The van der Waals surface area contributed by atoms with Crippen LogP contribution < -0.4 is 5.32 Å². The van der Waals surface area contributed by atoms with Gasteiger partial charge < -0.3 is 9.88 Å². The van der Waals surface area contributed by atoms with Crippen LogP contribution in [-0.2, 0) is 18.3 Å². The summed E-state index contributed by atoms with van der Waals surface area (Å²) < 4.78 is 1.68. The predicted octanol–water partition coefficient (Wildman–Crippen LogP) is 2.89. The number of carbonyl (C=O) groups excluding carboxylic acids is 2. The molecule has 2 aromatic heterocycles. The fourth-order valence-electron chi connectivity index (χ4n) is 2.20. The summed E-state index contributed by atoms with van der Waals surface area (Å²) in [6.07, 6.45) is 3.67. The molecular formula is C17H15N3O2S. The molecule has 3 rings (SSSR count). The molecule has 1 aromatic carbocycles. The Labute approximate surface area is 137 Å². The van der Waals surface area contributed by atoms with E-state index in [4.69, 9.17) is 0 Å². The van der Waals surface area contributed by atoms with Crippen molar-refractivity contribution < 1.29 is 9.59 Å². The van der Waals surface area contributed by atoms with Crippen molar-refractivity contribution in [2.45, 2.75) is 6.42 Å². The third-order valence-electron chi connectivity index (χ3n) is 3.37. The Balaban J connectivity index is 1.66. The maximum Gasteiger partial charge on any atom is 0.229 e. The molecular weight excluding hydrogens is 310 g/mol. The van der Waals surface area contributed by atoms with E-state index in [0.717, 1.165) is 4.88 Å². The van der Waals surface area contributed by atoms with Crippen LogP contribution in [0.5, 0.6) is 0 Å². The molecule has 0 bridgehead atoms. The van der Waals surface area contributed by atoms with Gasteiger partial charge in [0.15, 0.2) is 5.82 Å². The van der Waals surface area contributed by atoms with Crippen molar-refractivity contribution in [1.82, 2.24) is 9.55 Å². The van der Waals surface area contributed by atoms with Crippen molar-refractivity contribution in [2.75, 3.05) is 5.32 Å². The third kappa shape index (κ3) is 3.54. The van der Waals surface area contributed by atoms with Gasteiger partial charge in [0, 0.05) is 35.6 Å². The standard InChI is InChI=1S/C17H15N3O2S/c1-20-9-8-18-17(20)16(22)12-4-6-13(7-5-12)19-15(21)11-14-3-2-10-23-14/h2-10H,11H2,1H3,(H,19,21). The zero-order chi connectivity index (χ0) is 16.2. The number of ketones is 1. The second-order valence-electron chi connectivity index (χ2n) is 5.07. The van der Waals surface area contributed by atoms with E-state index in [1.165, 1.54) is 0 Å². The van der Waals surface area contributed by atoms with Crippen LogP contribution in [0.15, 0.2) is 54.2 Å². The number of amides is 1. The highest BCUT2D eigenvalue weighted by atomic mass is 32.1. The smallest absolute Gasteiger partial charge is 0.229 e. The number of imidazole rings is 1. The molecule has 3 aromatic rings. The zero-order valence-corrected chi connectivity index (χ0v) is 13.3. The Kier molecular flexibility index (Phi) is 4.34. The lowest BCUT2D eigenvalue weighted by Gasteiger charge is -2.06. The third-order valence-corrected chi connectivity index (χ3v) is 4.25. The van der Waals surface area contributed by atoms with Gasteiger partial charge in [-0.15, -0.1) is 11.3 Å². The number of nitrogens with zero attached hydrogens (tertiary/aromatic N) is 2. The van der Waals surface area contributed by atoms with Crippen LogP contribution in [0.25, 0.3) is 0 Å². The number of aryl methyl sites for hydroxylation is 1. The molecule has 0 spiro atoms. The number of aromatic nitrogens is 2. The maximum absolute atomic E-state index is 12.3. The Morgan fingerprint density at radius 1 is 1.22 bits per heavy atom. The molecule has 23 heavy (non-hydrogen) atoms. The van der Waals surface area contributed by atoms with Gasteiger partial charge in [0.05, 0.1) is 6.42 Å². The molecule has 0 aliphatic heterocycles. The van der Waals surface area contributed by atoms with E-state index in [0.29, 0.717) is 23.5 Å². The molecule has 0 aliphatic rings. The van der Waals surface area contributed by atoms with Crippen molar-refractivity contribution in [3.05, 3.63) is 70.4 Å². The van der Waals surface area contributed by atoms with Crippen LogP contribution in [0.1, 0.15) is 21.1 Å². The topological polar surface area (TPSA) is 64.0 Å². The summed E-state index contributed by atoms with van der Waals surface area (Å²) in [6, 6.07) is 10.7. The average molecular weight is 325 g/mol. The fourth-order valence-corrected chi connectivity index (χ4v) is 2.90. The van der Waals surface area contributed by atoms with E-state index < -0.39 is 0 Å². The van der Waals surface area contributed by atoms with Gasteiger partial charge >= 0.3 is 0 Å². The Morgan fingerprint density at radius 2 is 2.00 bits per heavy atom. The number of rotatable bonds is 5. The van der Waals surface area contributed by atoms with E-state index in [2.05, 4.69) is 10.3 Å². The lowest BCUT2D eigenvalue weighted by molar-refractivity contribution is -0.115. The molecule has 0 saturated carbocycles. The largest absolute Gasteiger partial charge is 0.331 e. The second kappa shape index (κ2) is 6.58. The molecule has 2 heterocycles. The SMILES string of the molecule is Cn1ccnc1C(=O)c1ccc(NC(=O)Cc2cccs2)cc1. The fraction of sp³-hybridized carbons (Fsp3) is 0.118. The summed E-state index contributed by atoms with van der Waals surface area (Å²) in [4.78, 5) is 29.3. The normalized spacial score (nSPS) is 10.5. The van der Waals surface area contributed by atoms with E-state index in [9.17, 15) is 9.59 Å². The molecule has 6 heteroatoms. The lowest BCUT2D eigenvalue weighted by atomic mass is 10.1. The minimum atomic E-state index is -0.144. The van der Waals surface area contributed by atoms with Crippen molar-refractivity contribution >= 4 is 28.7 Å². The van der Waals surface area contributed by atoms with Crippen LogP contribution in [0, 0.1) is 0 Å². The highest BCUT2D eigenvalue weighted by Crippen LogP contribution is 2.14. The summed E-state index contributed by atoms with van der Waals surface area (Å²) in [6.45, 7) is 0. The van der Waals surface area contributed by atoms with Crippen LogP contribution in [-0.4, -0.2) is 21.2 Å². The minimum absolute atomic E-state index is 0.0735. The quantitative estimate of drug-likeness (QED) is 0.734. The molecule has 0 atom stereocenters. The van der Waals surface area contributed by atoms with Crippen molar-refractivity contribution in [1.29, 1.82) is 0 Å². The molecule has 1 amide bonds. The monoisotopic (exact) mass is 325 g/mol. The van der Waals surface area contributed by atoms with Gasteiger partial charge in [0.25, 0.3) is 0 Å². The first kappa shape index (κ1) is 15.2. The number of carbonyl (C=O) groups is 2. The van der Waals surface area contributed by atoms with E-state index >= 15 is 0 Å². The van der Waals surface area contributed by atoms with Gasteiger partial charge in [-0.3, -0.25) is 9.59 Å². The zero-order valence-electron chi connectivity index (χ0n) is 12.5. The van der Waals surface area contributed by atoms with Crippen LogP contribution in [0.3, 0.4) is 0 Å². The van der Waals surface area contributed by atoms with Gasteiger partial charge in [-0.25, -0.2) is 4.98 Å². The van der Waals surface area contributed by atoms with Crippen LogP contribution in [0.4, 0.5) is 5.69 Å². The molecule has 0 aliphatic carbocycles. The number of benzene rings is 1. The number of anilines is 1. The average Bonchev–Trinajstić information content (AvgIpc) is 3.19. The maximum atomic E-state index is 12.3. The van der Waals surface area contributed by atoms with Gasteiger partial charge in [-0.1, -0.05) is 6.07 Å². The van der Waals surface area contributed by atoms with E-state index in [1.807, 2.05) is 17.5 Å². The second-order valence-corrected chi connectivity index (χ2v) is 6.10. The minimum Gasteiger partial charge on any atom is -0.331 e. The highest BCUT2D eigenvalue weighted by molar-refractivity contribution is 7.10. The first-order valence-electron chi connectivity index (χ1n) is 7.08. The Hall–Kier alpha value is -2.73. The number of hydrogen-bond acceptors (Lipinski definition) is 4. The van der Waals surface area contributed by atoms with Crippen molar-refractivity contribution in [3.8, 4) is 0 Å². The summed E-state index contributed by atoms with van der Waals surface area (Å²) in [5, 5.41) is 4.77. The van der Waals surface area contributed by atoms with Gasteiger partial charge in [-0.2, -0.15) is 0 Å². The first-order valence-corrected chi connectivity index (χ1v) is 7.96. The Morgan fingerprint density at radius 3 is 2.61 bits per heavy atom. The Bertz CT molecular complexity index is 820. The van der Waals surface area contributed by atoms with Gasteiger partial charge in [0.1, 0.15) is 0 Å². The summed E-state index contributed by atoms with van der Waals surface area (Å²) in [5.41, 5.74) is 1.21. The highest BCUT2D eigenvalue weighted by Gasteiger charge is 2.13. The molecule has 5 nitrogen and oxygen atoms in total.